The fraction of sp³-hybridized carbons (Fsp3) is 0.154. The summed E-state index contributed by atoms with van der Waals surface area (Å²) in [6.45, 7) is 1.59. The van der Waals surface area contributed by atoms with E-state index in [0.717, 1.165) is 5.75 Å². The van der Waals surface area contributed by atoms with Gasteiger partial charge in [-0.2, -0.15) is 30.3 Å². The molecule has 0 aromatic heterocycles. The molecule has 0 saturated heterocycles. The second kappa shape index (κ2) is 9.46. The van der Waals surface area contributed by atoms with Crippen LogP contribution in [0.15, 0.2) is 54.6 Å². The fourth-order valence-corrected chi connectivity index (χ4v) is 1.58. The molecule has 0 N–H and O–H groups in total. The summed E-state index contributed by atoms with van der Waals surface area (Å²) in [6.07, 6.45) is 0. The van der Waals surface area contributed by atoms with Crippen LogP contribution in [0.25, 0.3) is 0 Å². The third-order valence-electron chi connectivity index (χ3n) is 1.73. The van der Waals surface area contributed by atoms with Crippen LogP contribution in [0.4, 0.5) is 0 Å². The monoisotopic (exact) mass is 274 g/mol. The van der Waals surface area contributed by atoms with Crippen LogP contribution in [0.2, 0.25) is 0 Å². The molecule has 0 atom stereocenters. The van der Waals surface area contributed by atoms with Crippen LogP contribution in [0, 0.1) is 0 Å². The van der Waals surface area contributed by atoms with Gasteiger partial charge in [0.1, 0.15) is 0 Å². The SMILES string of the molecule is CC(=O)SC[c-]1cccc1.[Fe].c1cc[cH-]c1. The van der Waals surface area contributed by atoms with Crippen LogP contribution in [0.1, 0.15) is 12.5 Å². The zero-order chi connectivity index (χ0) is 10.9. The molecule has 1 nitrogen and oxygen atoms in total. The van der Waals surface area contributed by atoms with Crippen LogP contribution in [-0.4, -0.2) is 5.12 Å². The molecule has 0 bridgehead atoms. The van der Waals surface area contributed by atoms with Crippen molar-refractivity contribution < 1.29 is 21.9 Å². The Labute approximate surface area is 111 Å². The summed E-state index contributed by atoms with van der Waals surface area (Å²) in [6, 6.07) is 18.0. The molecule has 0 amide bonds. The van der Waals surface area contributed by atoms with E-state index in [4.69, 9.17) is 0 Å². The molecule has 3 heteroatoms. The Morgan fingerprint density at radius 1 is 1.19 bits per heavy atom. The number of thioether (sulfide) groups is 1. The van der Waals surface area contributed by atoms with E-state index >= 15 is 0 Å². The molecule has 16 heavy (non-hydrogen) atoms. The second-order valence-electron chi connectivity index (χ2n) is 3.04. The first-order valence-corrected chi connectivity index (χ1v) is 5.78. The van der Waals surface area contributed by atoms with E-state index in [1.165, 1.54) is 17.3 Å². The number of rotatable bonds is 2. The van der Waals surface area contributed by atoms with Crippen molar-refractivity contribution in [3.05, 3.63) is 60.2 Å². The molecule has 2 rings (SSSR count). The van der Waals surface area contributed by atoms with Crippen molar-refractivity contribution in [1.82, 2.24) is 0 Å². The third kappa shape index (κ3) is 7.52. The van der Waals surface area contributed by atoms with Crippen LogP contribution < -0.4 is 0 Å². The maximum atomic E-state index is 10.5. The molecule has 0 aliphatic rings. The molecule has 0 saturated carbocycles. The molecule has 2 aromatic carbocycles. The molecule has 2 aromatic rings. The molecular weight excluding hydrogens is 260 g/mol. The molecule has 88 valence electrons. The van der Waals surface area contributed by atoms with Gasteiger partial charge >= 0.3 is 0 Å². The van der Waals surface area contributed by atoms with Crippen molar-refractivity contribution in [3.8, 4) is 0 Å². The first-order chi connectivity index (χ1) is 7.29. The number of carbonyl (C=O) groups is 1. The van der Waals surface area contributed by atoms with Gasteiger partial charge in [-0.3, -0.25) is 4.79 Å². The van der Waals surface area contributed by atoms with Gasteiger partial charge in [0.2, 0.25) is 0 Å². The topological polar surface area (TPSA) is 17.1 Å². The smallest absolute Gasteiger partial charge is 0.185 e. The Hall–Kier alpha value is -0.761. The van der Waals surface area contributed by atoms with Gasteiger partial charge in [-0.1, -0.05) is 11.8 Å². The first-order valence-electron chi connectivity index (χ1n) is 4.79. The standard InChI is InChI=1S/C8H9OS.C5H5.Fe/c1-7(9)10-6-8-4-2-3-5-8;1-2-4-5-3-1;/h2-5H,6H2,1H3;1-5H;/q2*-1;. The normalized spacial score (nSPS) is 8.56. The summed E-state index contributed by atoms with van der Waals surface area (Å²) in [7, 11) is 0. The Balaban J connectivity index is 0.000000318. The maximum Gasteiger partial charge on any atom is 0.185 e. The second-order valence-corrected chi connectivity index (χ2v) is 4.19. The summed E-state index contributed by atoms with van der Waals surface area (Å²) in [5, 5.41) is 0.182. The average Bonchev–Trinajstić information content (AvgIpc) is 2.91. The predicted molar refractivity (Wildman–Crippen MR) is 66.0 cm³/mol. The molecule has 0 aliphatic heterocycles. The van der Waals surface area contributed by atoms with Crippen LogP contribution in [-0.2, 0) is 27.6 Å². The van der Waals surface area contributed by atoms with Crippen molar-refractivity contribution >= 4 is 16.9 Å². The van der Waals surface area contributed by atoms with Gasteiger partial charge in [0.05, 0.1) is 0 Å². The predicted octanol–water partition coefficient (Wildman–Crippen LogP) is 3.59. The summed E-state index contributed by atoms with van der Waals surface area (Å²) in [5.41, 5.74) is 1.22. The Morgan fingerprint density at radius 2 is 1.75 bits per heavy atom. The van der Waals surface area contributed by atoms with E-state index < -0.39 is 0 Å². The first kappa shape index (κ1) is 15.2. The minimum atomic E-state index is 0. The van der Waals surface area contributed by atoms with E-state index in [1.54, 1.807) is 6.92 Å². The number of hydrogen-bond donors (Lipinski definition) is 0. The summed E-state index contributed by atoms with van der Waals surface area (Å²) < 4.78 is 0. The molecule has 0 fully saturated rings. The van der Waals surface area contributed by atoms with Gasteiger partial charge in [0, 0.05) is 24.0 Å². The van der Waals surface area contributed by atoms with Crippen molar-refractivity contribution in [3.63, 3.8) is 0 Å². The van der Waals surface area contributed by atoms with Gasteiger partial charge in [-0.25, -0.2) is 24.3 Å². The van der Waals surface area contributed by atoms with Crippen molar-refractivity contribution in [2.24, 2.45) is 0 Å². The largest absolute Gasteiger partial charge is 0.288 e. The maximum absolute atomic E-state index is 10.5. The quantitative estimate of drug-likeness (QED) is 0.615. The number of carbonyl (C=O) groups excluding carboxylic acids is 1. The molecule has 0 heterocycles. The summed E-state index contributed by atoms with van der Waals surface area (Å²) in [5.74, 6) is 0.808. The third-order valence-corrected chi connectivity index (χ3v) is 2.61. The Kier molecular flexibility index (Phi) is 9.01. The summed E-state index contributed by atoms with van der Waals surface area (Å²) >= 11 is 1.35. The van der Waals surface area contributed by atoms with E-state index in [0.29, 0.717) is 0 Å². The van der Waals surface area contributed by atoms with E-state index in [9.17, 15) is 4.79 Å². The van der Waals surface area contributed by atoms with E-state index in [1.807, 2.05) is 54.6 Å². The van der Waals surface area contributed by atoms with Gasteiger partial charge in [0.25, 0.3) is 0 Å². The van der Waals surface area contributed by atoms with Crippen molar-refractivity contribution in [2.75, 3.05) is 0 Å². The summed E-state index contributed by atoms with van der Waals surface area (Å²) in [4.78, 5) is 10.5. The van der Waals surface area contributed by atoms with Gasteiger partial charge in [0.15, 0.2) is 5.12 Å². The van der Waals surface area contributed by atoms with E-state index in [2.05, 4.69) is 0 Å². The van der Waals surface area contributed by atoms with Crippen LogP contribution >= 0.6 is 11.8 Å². The van der Waals surface area contributed by atoms with E-state index in [-0.39, 0.29) is 22.2 Å². The zero-order valence-corrected chi connectivity index (χ0v) is 11.0. The van der Waals surface area contributed by atoms with Gasteiger partial charge in [-0.05, 0) is 5.75 Å². The fourth-order valence-electron chi connectivity index (χ4n) is 1.02. The molecule has 0 unspecified atom stereocenters. The molecule has 0 spiro atoms. The van der Waals surface area contributed by atoms with Crippen molar-refractivity contribution in [1.29, 1.82) is 0 Å². The van der Waals surface area contributed by atoms with Gasteiger partial charge < -0.3 is 0 Å². The number of hydrogen-bond acceptors (Lipinski definition) is 2. The minimum Gasteiger partial charge on any atom is -0.288 e. The Morgan fingerprint density at radius 3 is 2.12 bits per heavy atom. The van der Waals surface area contributed by atoms with Crippen molar-refractivity contribution in [2.45, 2.75) is 12.7 Å². The van der Waals surface area contributed by atoms with Crippen LogP contribution in [0.3, 0.4) is 0 Å². The van der Waals surface area contributed by atoms with Crippen LogP contribution in [0.5, 0.6) is 0 Å². The molecule has 0 aliphatic carbocycles. The average molecular weight is 274 g/mol. The molecular formula is C13H14FeOS-2. The minimum absolute atomic E-state index is 0. The molecule has 0 radical (unpaired) electrons. The van der Waals surface area contributed by atoms with Gasteiger partial charge in [-0.15, -0.1) is 5.56 Å². The Bertz CT molecular complexity index is 334. The zero-order valence-electron chi connectivity index (χ0n) is 9.07.